The molecule has 0 radical (unpaired) electrons. The van der Waals surface area contributed by atoms with E-state index in [-0.39, 0.29) is 5.56 Å². The molecule has 2 fully saturated rings. The summed E-state index contributed by atoms with van der Waals surface area (Å²) in [5.41, 5.74) is 0.229. The third-order valence-corrected chi connectivity index (χ3v) is 7.35. The zero-order chi connectivity index (χ0) is 18.6. The molecule has 2 aliphatic rings. The zero-order valence-electron chi connectivity index (χ0n) is 14.8. The van der Waals surface area contributed by atoms with E-state index in [1.54, 1.807) is 16.4 Å². The summed E-state index contributed by atoms with van der Waals surface area (Å²) in [4.78, 5) is 10.8. The Bertz CT molecular complexity index is 706. The summed E-state index contributed by atoms with van der Waals surface area (Å²) in [6.45, 7) is 2.36. The molecule has 1 unspecified atom stereocenters. The highest BCUT2D eigenvalue weighted by molar-refractivity contribution is 7.89. The molecule has 0 spiro atoms. The van der Waals surface area contributed by atoms with E-state index in [1.165, 1.54) is 12.1 Å². The van der Waals surface area contributed by atoms with Crippen molar-refractivity contribution in [2.45, 2.75) is 37.5 Å². The van der Waals surface area contributed by atoms with Crippen LogP contribution < -0.4 is 10.1 Å². The molecule has 1 aromatic rings. The van der Waals surface area contributed by atoms with Gasteiger partial charge in [0.05, 0.1) is 12.2 Å². The number of hydrogen-bond acceptors (Lipinski definition) is 5. The molecule has 0 aliphatic carbocycles. The maximum atomic E-state index is 12.7. The number of ether oxygens (including phenoxy) is 1. The van der Waals surface area contributed by atoms with Gasteiger partial charge in [-0.3, -0.25) is 5.32 Å². The van der Waals surface area contributed by atoms with Crippen LogP contribution >= 0.6 is 0 Å². The van der Waals surface area contributed by atoms with E-state index in [0.29, 0.717) is 37.8 Å². The number of hydrogen-bond donors (Lipinski definition) is 2. The fourth-order valence-corrected chi connectivity index (χ4v) is 5.36. The maximum Gasteiger partial charge on any atom is 0.335 e. The number of sulfonamides is 1. The van der Waals surface area contributed by atoms with Gasteiger partial charge in [-0.25, -0.2) is 17.5 Å². The molecule has 1 aromatic carbocycles. The Kier molecular flexibility index (Phi) is 6.16. The van der Waals surface area contributed by atoms with Crippen molar-refractivity contribution in [1.82, 2.24) is 9.62 Å². The first-order valence-electron chi connectivity index (χ1n) is 9.15. The van der Waals surface area contributed by atoms with Gasteiger partial charge in [0.15, 0.2) is 0 Å². The van der Waals surface area contributed by atoms with Crippen LogP contribution in [0.25, 0.3) is 0 Å². The van der Waals surface area contributed by atoms with Crippen molar-refractivity contribution < 1.29 is 23.1 Å². The molecule has 2 saturated heterocycles. The van der Waals surface area contributed by atoms with Crippen LogP contribution in [-0.4, -0.2) is 55.4 Å². The summed E-state index contributed by atoms with van der Waals surface area (Å²) in [5.74, 6) is -0.0195. The van der Waals surface area contributed by atoms with Gasteiger partial charge >= 0.3 is 5.97 Å². The molecule has 2 aliphatic heterocycles. The van der Waals surface area contributed by atoms with Gasteiger partial charge in [-0.05, 0) is 68.8 Å². The molecule has 2 heterocycles. The van der Waals surface area contributed by atoms with Gasteiger partial charge in [0.2, 0.25) is 10.0 Å². The number of carboxylic acids is 1. The van der Waals surface area contributed by atoms with Crippen molar-refractivity contribution >= 4 is 16.0 Å². The highest BCUT2D eigenvalue weighted by atomic mass is 32.2. The number of rotatable bonds is 6. The standard InChI is InChI=1S/C18H26N2O5S/c21-18(22)15-4-6-16(7-5-15)25-13-14-8-11-20(12-9-14)26(23,24)17-3-1-2-10-19-17/h4-7,14,17,19H,1-3,8-13H2,(H,21,22). The summed E-state index contributed by atoms with van der Waals surface area (Å²) < 4.78 is 32.8. The van der Waals surface area contributed by atoms with E-state index >= 15 is 0 Å². The second-order valence-corrected chi connectivity index (χ2v) is 9.08. The molecule has 1 atom stereocenters. The summed E-state index contributed by atoms with van der Waals surface area (Å²) in [5, 5.41) is 11.6. The Hall–Kier alpha value is -1.64. The van der Waals surface area contributed by atoms with E-state index in [1.807, 2.05) is 0 Å². The Morgan fingerprint density at radius 2 is 1.85 bits per heavy atom. The minimum Gasteiger partial charge on any atom is -0.493 e. The lowest BCUT2D eigenvalue weighted by Crippen LogP contribution is -2.50. The lowest BCUT2D eigenvalue weighted by molar-refractivity contribution is 0.0697. The molecular weight excluding hydrogens is 356 g/mol. The molecule has 8 heteroatoms. The fourth-order valence-electron chi connectivity index (χ4n) is 3.49. The first-order chi connectivity index (χ1) is 12.5. The number of benzene rings is 1. The van der Waals surface area contributed by atoms with Gasteiger partial charge < -0.3 is 9.84 Å². The van der Waals surface area contributed by atoms with Crippen molar-refractivity contribution in [3.8, 4) is 5.75 Å². The zero-order valence-corrected chi connectivity index (χ0v) is 15.6. The van der Waals surface area contributed by atoms with E-state index in [0.717, 1.165) is 32.2 Å². The van der Waals surface area contributed by atoms with Crippen molar-refractivity contribution in [2.75, 3.05) is 26.2 Å². The summed E-state index contributed by atoms with van der Waals surface area (Å²) >= 11 is 0. The number of nitrogens with one attached hydrogen (secondary N) is 1. The van der Waals surface area contributed by atoms with Gasteiger partial charge in [0.1, 0.15) is 11.1 Å². The second-order valence-electron chi connectivity index (χ2n) is 6.97. The van der Waals surface area contributed by atoms with Crippen LogP contribution in [0.3, 0.4) is 0 Å². The molecule has 0 saturated carbocycles. The molecule has 3 rings (SSSR count). The molecule has 144 valence electrons. The third-order valence-electron chi connectivity index (χ3n) is 5.15. The lowest BCUT2D eigenvalue weighted by atomic mass is 9.99. The van der Waals surface area contributed by atoms with E-state index in [9.17, 15) is 13.2 Å². The number of carboxylic acid groups (broad SMARTS) is 1. The fraction of sp³-hybridized carbons (Fsp3) is 0.611. The Labute approximate surface area is 154 Å². The molecule has 0 amide bonds. The predicted octanol–water partition coefficient (Wildman–Crippen LogP) is 1.90. The van der Waals surface area contributed by atoms with Gasteiger partial charge in [0, 0.05) is 13.1 Å². The quantitative estimate of drug-likeness (QED) is 0.780. The highest BCUT2D eigenvalue weighted by Crippen LogP contribution is 2.24. The van der Waals surface area contributed by atoms with Gasteiger partial charge in [-0.1, -0.05) is 0 Å². The first kappa shape index (κ1) is 19.1. The highest BCUT2D eigenvalue weighted by Gasteiger charge is 2.35. The average molecular weight is 382 g/mol. The number of piperidine rings is 2. The maximum absolute atomic E-state index is 12.7. The minimum atomic E-state index is -3.26. The van der Waals surface area contributed by atoms with Crippen LogP contribution in [0.5, 0.6) is 5.75 Å². The first-order valence-corrected chi connectivity index (χ1v) is 10.7. The Morgan fingerprint density at radius 3 is 2.42 bits per heavy atom. The summed E-state index contributed by atoms with van der Waals surface area (Å²) in [6.07, 6.45) is 4.25. The lowest BCUT2D eigenvalue weighted by Gasteiger charge is -2.35. The van der Waals surface area contributed by atoms with Crippen LogP contribution in [0.1, 0.15) is 42.5 Å². The molecule has 2 N–H and O–H groups in total. The number of carbonyl (C=O) groups is 1. The van der Waals surface area contributed by atoms with E-state index in [2.05, 4.69) is 5.32 Å². The summed E-state index contributed by atoms with van der Waals surface area (Å²) in [7, 11) is -3.26. The van der Waals surface area contributed by atoms with Crippen LogP contribution in [0, 0.1) is 5.92 Å². The SMILES string of the molecule is O=C(O)c1ccc(OCC2CCN(S(=O)(=O)C3CCCCN3)CC2)cc1. The van der Waals surface area contributed by atoms with Gasteiger partial charge in [-0.2, -0.15) is 0 Å². The Balaban J connectivity index is 1.47. The van der Waals surface area contributed by atoms with Gasteiger partial charge in [-0.15, -0.1) is 0 Å². The minimum absolute atomic E-state index is 0.229. The van der Waals surface area contributed by atoms with Crippen molar-refractivity contribution in [2.24, 2.45) is 5.92 Å². The molecule has 0 aromatic heterocycles. The second kappa shape index (κ2) is 8.37. The summed E-state index contributed by atoms with van der Waals surface area (Å²) in [6, 6.07) is 6.34. The monoisotopic (exact) mass is 382 g/mol. The van der Waals surface area contributed by atoms with Crippen LogP contribution in [0.2, 0.25) is 0 Å². The van der Waals surface area contributed by atoms with Gasteiger partial charge in [0.25, 0.3) is 0 Å². The average Bonchev–Trinajstić information content (AvgIpc) is 2.67. The van der Waals surface area contributed by atoms with Crippen molar-refractivity contribution in [3.05, 3.63) is 29.8 Å². The van der Waals surface area contributed by atoms with Crippen molar-refractivity contribution in [3.63, 3.8) is 0 Å². The molecular formula is C18H26N2O5S. The van der Waals surface area contributed by atoms with Crippen molar-refractivity contribution in [1.29, 1.82) is 0 Å². The normalized spacial score (nSPS) is 22.8. The number of aromatic carboxylic acids is 1. The smallest absolute Gasteiger partial charge is 0.335 e. The molecule has 0 bridgehead atoms. The van der Waals surface area contributed by atoms with Crippen LogP contribution in [0.15, 0.2) is 24.3 Å². The Morgan fingerprint density at radius 1 is 1.15 bits per heavy atom. The number of nitrogens with zero attached hydrogens (tertiary/aromatic N) is 1. The largest absolute Gasteiger partial charge is 0.493 e. The van der Waals surface area contributed by atoms with Crippen LogP contribution in [-0.2, 0) is 10.0 Å². The molecule has 26 heavy (non-hydrogen) atoms. The topological polar surface area (TPSA) is 95.9 Å². The predicted molar refractivity (Wildman–Crippen MR) is 97.8 cm³/mol. The van der Waals surface area contributed by atoms with Crippen LogP contribution in [0.4, 0.5) is 0 Å². The van der Waals surface area contributed by atoms with E-state index < -0.39 is 21.4 Å². The van der Waals surface area contributed by atoms with E-state index in [4.69, 9.17) is 9.84 Å². The molecule has 7 nitrogen and oxygen atoms in total. The third kappa shape index (κ3) is 4.55.